The van der Waals surface area contributed by atoms with Gasteiger partial charge in [-0.05, 0) is 42.0 Å². The number of nitrogens with one attached hydrogen (secondary N) is 1. The van der Waals surface area contributed by atoms with Gasteiger partial charge >= 0.3 is 6.36 Å². The van der Waals surface area contributed by atoms with Gasteiger partial charge in [0.15, 0.2) is 0 Å². The SMILES string of the molecule is O=C(CN1CC2C(CNCc3cccc(OC(F)(F)F)c3)C2C1)N1CCOCC1. The number of nitrogens with zero attached hydrogens (tertiary/aromatic N) is 2. The van der Waals surface area contributed by atoms with Crippen molar-refractivity contribution in [1.29, 1.82) is 0 Å². The summed E-state index contributed by atoms with van der Waals surface area (Å²) in [6, 6.07) is 6.05. The number of fused-ring (bicyclic) bond motifs is 1. The van der Waals surface area contributed by atoms with Gasteiger partial charge < -0.3 is 19.7 Å². The molecule has 1 aromatic rings. The number of ether oxygens (including phenoxy) is 2. The number of benzene rings is 1. The first-order valence-electron chi connectivity index (χ1n) is 10.0. The Kier molecular flexibility index (Phi) is 5.98. The Labute approximate surface area is 167 Å². The van der Waals surface area contributed by atoms with Crippen molar-refractivity contribution in [2.45, 2.75) is 12.9 Å². The maximum Gasteiger partial charge on any atom is 0.573 e. The molecule has 1 aliphatic carbocycles. The second kappa shape index (κ2) is 8.49. The van der Waals surface area contributed by atoms with Crippen LogP contribution in [0.3, 0.4) is 0 Å². The fourth-order valence-electron chi connectivity index (χ4n) is 4.51. The number of carbonyl (C=O) groups excluding carboxylic acids is 1. The first-order valence-corrected chi connectivity index (χ1v) is 10.0. The molecule has 2 unspecified atom stereocenters. The quantitative estimate of drug-likeness (QED) is 0.738. The maximum absolute atomic E-state index is 12.3. The Morgan fingerprint density at radius 2 is 1.93 bits per heavy atom. The van der Waals surface area contributed by atoms with Gasteiger partial charge in [-0.3, -0.25) is 9.69 Å². The average Bonchev–Trinajstić information content (AvgIpc) is 3.12. The fourth-order valence-corrected chi connectivity index (χ4v) is 4.51. The highest BCUT2D eigenvalue weighted by atomic mass is 19.4. The second-order valence-electron chi connectivity index (χ2n) is 8.00. The molecule has 2 aliphatic heterocycles. The molecule has 0 aromatic heterocycles. The molecule has 2 saturated heterocycles. The van der Waals surface area contributed by atoms with E-state index in [4.69, 9.17) is 4.74 Å². The van der Waals surface area contributed by atoms with Crippen LogP contribution in [0, 0.1) is 17.8 Å². The Bertz CT molecular complexity index is 712. The summed E-state index contributed by atoms with van der Waals surface area (Å²) in [6.07, 6.45) is -4.67. The number of rotatable bonds is 7. The lowest BCUT2D eigenvalue weighted by Crippen LogP contribution is -2.45. The molecule has 0 bridgehead atoms. The van der Waals surface area contributed by atoms with Gasteiger partial charge in [0.25, 0.3) is 0 Å². The normalized spacial score (nSPS) is 27.0. The average molecular weight is 413 g/mol. The lowest BCUT2D eigenvalue weighted by atomic mass is 10.2. The summed E-state index contributed by atoms with van der Waals surface area (Å²) < 4.78 is 46.2. The van der Waals surface area contributed by atoms with Crippen molar-refractivity contribution in [2.24, 2.45) is 17.8 Å². The second-order valence-corrected chi connectivity index (χ2v) is 8.00. The van der Waals surface area contributed by atoms with Crippen LogP contribution in [-0.2, 0) is 16.1 Å². The minimum Gasteiger partial charge on any atom is -0.406 e. The molecule has 1 aromatic carbocycles. The summed E-state index contributed by atoms with van der Waals surface area (Å²) in [4.78, 5) is 16.5. The van der Waals surface area contributed by atoms with E-state index in [9.17, 15) is 18.0 Å². The van der Waals surface area contributed by atoms with Gasteiger partial charge in [-0.25, -0.2) is 0 Å². The van der Waals surface area contributed by atoms with E-state index < -0.39 is 6.36 Å². The van der Waals surface area contributed by atoms with Crippen LogP contribution in [0.5, 0.6) is 5.75 Å². The van der Waals surface area contributed by atoms with Gasteiger partial charge in [-0.15, -0.1) is 13.2 Å². The van der Waals surface area contributed by atoms with Crippen molar-refractivity contribution in [1.82, 2.24) is 15.1 Å². The largest absolute Gasteiger partial charge is 0.573 e. The number of hydrogen-bond donors (Lipinski definition) is 1. The van der Waals surface area contributed by atoms with E-state index >= 15 is 0 Å². The smallest absolute Gasteiger partial charge is 0.406 e. The number of amides is 1. The van der Waals surface area contributed by atoms with E-state index in [1.165, 1.54) is 12.1 Å². The Balaban J connectivity index is 1.15. The van der Waals surface area contributed by atoms with Crippen LogP contribution in [0.15, 0.2) is 24.3 Å². The van der Waals surface area contributed by atoms with Gasteiger partial charge in [0.1, 0.15) is 5.75 Å². The summed E-state index contributed by atoms with van der Waals surface area (Å²) in [7, 11) is 0. The number of likely N-dealkylation sites (tertiary alicyclic amines) is 1. The van der Waals surface area contributed by atoms with Crippen LogP contribution in [0.4, 0.5) is 13.2 Å². The van der Waals surface area contributed by atoms with Crippen LogP contribution < -0.4 is 10.1 Å². The number of hydrogen-bond acceptors (Lipinski definition) is 5. The predicted molar refractivity (Wildman–Crippen MR) is 99.1 cm³/mol. The fraction of sp³-hybridized carbons (Fsp3) is 0.650. The molecule has 160 valence electrons. The van der Waals surface area contributed by atoms with Gasteiger partial charge in [0.2, 0.25) is 5.91 Å². The topological polar surface area (TPSA) is 54.0 Å². The first-order chi connectivity index (χ1) is 13.9. The highest BCUT2D eigenvalue weighted by Gasteiger charge is 2.55. The van der Waals surface area contributed by atoms with Crippen molar-refractivity contribution in [3.8, 4) is 5.75 Å². The molecule has 9 heteroatoms. The van der Waals surface area contributed by atoms with Gasteiger partial charge in [-0.1, -0.05) is 12.1 Å². The monoisotopic (exact) mass is 413 g/mol. The molecule has 3 fully saturated rings. The molecule has 1 amide bonds. The summed E-state index contributed by atoms with van der Waals surface area (Å²) in [6.45, 7) is 6.33. The van der Waals surface area contributed by atoms with Crippen molar-refractivity contribution in [2.75, 3.05) is 52.5 Å². The van der Waals surface area contributed by atoms with Crippen molar-refractivity contribution >= 4 is 5.91 Å². The molecule has 4 rings (SSSR count). The standard InChI is InChI=1S/C20H26F3N3O3/c21-20(22,23)29-15-3-1-2-14(8-15)9-24-10-16-17-11-25(12-18(16)17)13-19(27)26-4-6-28-7-5-26/h1-3,8,16-18,24H,4-7,9-13H2. The van der Waals surface area contributed by atoms with Crippen molar-refractivity contribution in [3.63, 3.8) is 0 Å². The molecular weight excluding hydrogens is 387 g/mol. The van der Waals surface area contributed by atoms with Gasteiger partial charge in [-0.2, -0.15) is 0 Å². The van der Waals surface area contributed by atoms with Crippen LogP contribution in [-0.4, -0.2) is 74.6 Å². The highest BCUT2D eigenvalue weighted by Crippen LogP contribution is 2.51. The van der Waals surface area contributed by atoms with Crippen LogP contribution in [0.2, 0.25) is 0 Å². The molecular formula is C20H26F3N3O3. The van der Waals surface area contributed by atoms with E-state index in [-0.39, 0.29) is 11.7 Å². The van der Waals surface area contributed by atoms with E-state index in [0.29, 0.717) is 57.1 Å². The molecule has 0 radical (unpaired) electrons. The van der Waals surface area contributed by atoms with Crippen LogP contribution >= 0.6 is 0 Å². The predicted octanol–water partition coefficient (Wildman–Crippen LogP) is 1.71. The maximum atomic E-state index is 12.3. The zero-order valence-electron chi connectivity index (χ0n) is 16.2. The Hall–Kier alpha value is -1.84. The third-order valence-corrected chi connectivity index (χ3v) is 6.01. The molecule has 29 heavy (non-hydrogen) atoms. The van der Waals surface area contributed by atoms with Crippen LogP contribution in [0.25, 0.3) is 0 Å². The number of alkyl halides is 3. The molecule has 2 heterocycles. The summed E-state index contributed by atoms with van der Waals surface area (Å²) in [5.74, 6) is 1.80. The lowest BCUT2D eigenvalue weighted by molar-refractivity contribution is -0.274. The number of piperidine rings is 1. The summed E-state index contributed by atoms with van der Waals surface area (Å²) >= 11 is 0. The lowest BCUT2D eigenvalue weighted by Gasteiger charge is -2.29. The number of morpholine rings is 1. The molecule has 6 nitrogen and oxygen atoms in total. The van der Waals surface area contributed by atoms with Gasteiger partial charge in [0, 0.05) is 32.7 Å². The third kappa shape index (κ3) is 5.40. The highest BCUT2D eigenvalue weighted by molar-refractivity contribution is 5.78. The third-order valence-electron chi connectivity index (χ3n) is 6.01. The molecule has 2 atom stereocenters. The van der Waals surface area contributed by atoms with E-state index in [1.54, 1.807) is 12.1 Å². The molecule has 0 spiro atoms. The first kappa shape index (κ1) is 20.4. The zero-order chi connectivity index (χ0) is 20.4. The van der Waals surface area contributed by atoms with E-state index in [1.807, 2.05) is 4.90 Å². The Morgan fingerprint density at radius 1 is 1.21 bits per heavy atom. The minimum atomic E-state index is -4.67. The number of carbonyl (C=O) groups is 1. The van der Waals surface area contributed by atoms with E-state index in [2.05, 4.69) is 15.0 Å². The molecule has 3 aliphatic rings. The Morgan fingerprint density at radius 3 is 2.62 bits per heavy atom. The van der Waals surface area contributed by atoms with Crippen molar-refractivity contribution < 1.29 is 27.4 Å². The van der Waals surface area contributed by atoms with Crippen molar-refractivity contribution in [3.05, 3.63) is 29.8 Å². The van der Waals surface area contributed by atoms with Gasteiger partial charge in [0.05, 0.1) is 19.8 Å². The minimum absolute atomic E-state index is 0.185. The molecule has 1 saturated carbocycles. The van der Waals surface area contributed by atoms with E-state index in [0.717, 1.165) is 25.2 Å². The summed E-state index contributed by atoms with van der Waals surface area (Å²) in [5, 5.41) is 3.35. The number of halogens is 3. The van der Waals surface area contributed by atoms with Crippen LogP contribution in [0.1, 0.15) is 5.56 Å². The summed E-state index contributed by atoms with van der Waals surface area (Å²) in [5.41, 5.74) is 0.760. The molecule has 1 N–H and O–H groups in total. The zero-order valence-corrected chi connectivity index (χ0v) is 16.2.